The van der Waals surface area contributed by atoms with Gasteiger partial charge in [0.1, 0.15) is 9.79 Å². The first-order valence-electron chi connectivity index (χ1n) is 9.24. The monoisotopic (exact) mass is 477 g/mol. The van der Waals surface area contributed by atoms with Crippen molar-refractivity contribution in [1.29, 1.82) is 0 Å². The van der Waals surface area contributed by atoms with Gasteiger partial charge in [-0.05, 0) is 47.9 Å². The number of hydrogen-bond donors (Lipinski definition) is 5. The maximum Gasteiger partial charge on any atom is 0.240 e. The van der Waals surface area contributed by atoms with E-state index in [0.717, 1.165) is 0 Å². The van der Waals surface area contributed by atoms with Crippen LogP contribution in [0.15, 0.2) is 40.4 Å². The van der Waals surface area contributed by atoms with Crippen LogP contribution in [-0.2, 0) is 26.5 Å². The second-order valence-corrected chi connectivity index (χ2v) is 9.96. The number of H-pyrrole nitrogens is 2. The lowest BCUT2D eigenvalue weighted by Crippen LogP contribution is -2.23. The van der Waals surface area contributed by atoms with Crippen molar-refractivity contribution < 1.29 is 16.8 Å². The van der Waals surface area contributed by atoms with Gasteiger partial charge in [-0.3, -0.25) is 0 Å². The van der Waals surface area contributed by atoms with Gasteiger partial charge in [0.15, 0.2) is 0 Å². The number of sulfonamides is 2. The number of aryl methyl sites for hydroxylation is 1. The van der Waals surface area contributed by atoms with Gasteiger partial charge in [0, 0.05) is 5.56 Å². The highest BCUT2D eigenvalue weighted by atomic mass is 32.2. The minimum atomic E-state index is -4.61. The molecule has 13 nitrogen and oxygen atoms in total. The summed E-state index contributed by atoms with van der Waals surface area (Å²) in [6, 6.07) is 6.46. The lowest BCUT2D eigenvalue weighted by Gasteiger charge is -2.19. The van der Waals surface area contributed by atoms with E-state index < -0.39 is 29.8 Å². The molecule has 2 aromatic heterocycles. The Labute approximate surface area is 182 Å². The summed E-state index contributed by atoms with van der Waals surface area (Å²) in [6.45, 7) is 0.311. The first-order chi connectivity index (χ1) is 15.1. The van der Waals surface area contributed by atoms with E-state index in [4.69, 9.17) is 16.0 Å². The zero-order valence-electron chi connectivity index (χ0n) is 16.5. The third-order valence-electron chi connectivity index (χ3n) is 4.86. The molecular weight excluding hydrogens is 458 g/mol. The Balaban J connectivity index is 2.27. The predicted molar refractivity (Wildman–Crippen MR) is 115 cm³/mol. The number of rotatable bonds is 7. The topological polar surface area (TPSA) is 229 Å². The number of benzene rings is 2. The molecule has 0 radical (unpaired) electrons. The molecule has 0 aliphatic carbocycles. The number of tetrazole rings is 1. The van der Waals surface area contributed by atoms with Crippen molar-refractivity contribution in [3.05, 3.63) is 36.2 Å². The molecule has 32 heavy (non-hydrogen) atoms. The third-order valence-corrected chi connectivity index (χ3v) is 6.91. The number of aromatic amines is 2. The highest BCUT2D eigenvalue weighted by molar-refractivity contribution is 7.92. The van der Waals surface area contributed by atoms with Crippen molar-refractivity contribution in [2.45, 2.75) is 22.6 Å². The van der Waals surface area contributed by atoms with Gasteiger partial charge in [-0.25, -0.2) is 32.1 Å². The van der Waals surface area contributed by atoms with E-state index in [0.29, 0.717) is 47.1 Å². The molecule has 0 aliphatic heterocycles. The van der Waals surface area contributed by atoms with Crippen molar-refractivity contribution in [2.24, 2.45) is 16.0 Å². The molecule has 0 unspecified atom stereocenters. The highest BCUT2D eigenvalue weighted by Crippen LogP contribution is 2.43. The molecule has 0 atom stereocenters. The quantitative estimate of drug-likeness (QED) is 0.233. The van der Waals surface area contributed by atoms with Crippen LogP contribution in [0.4, 0.5) is 0 Å². The number of fused-ring (bicyclic) bond motifs is 1. The Hall–Kier alpha value is -3.24. The van der Waals surface area contributed by atoms with Crippen molar-refractivity contribution >= 4 is 31.1 Å². The van der Waals surface area contributed by atoms with Gasteiger partial charge < -0.3 is 10.7 Å². The molecule has 0 saturated heterocycles. The number of nitrogens with two attached hydrogens (primary N) is 3. The summed E-state index contributed by atoms with van der Waals surface area (Å²) in [4.78, 5) is 5.94. The number of hydrogen-bond acceptors (Lipinski definition) is 9. The van der Waals surface area contributed by atoms with Gasteiger partial charge in [0.05, 0.1) is 22.9 Å². The molecule has 15 heteroatoms. The number of primary sulfonamides is 2. The Morgan fingerprint density at radius 2 is 1.81 bits per heavy atom. The minimum Gasteiger partial charge on any atom is -0.345 e. The summed E-state index contributed by atoms with van der Waals surface area (Å²) in [7, 11) is -9.12. The summed E-state index contributed by atoms with van der Waals surface area (Å²) in [6.07, 6.45) is 2.28. The van der Waals surface area contributed by atoms with Crippen molar-refractivity contribution in [3.63, 3.8) is 0 Å². The van der Waals surface area contributed by atoms with E-state index in [1.165, 1.54) is 12.4 Å². The van der Waals surface area contributed by atoms with Crippen molar-refractivity contribution in [1.82, 2.24) is 30.6 Å². The van der Waals surface area contributed by atoms with Gasteiger partial charge in [-0.2, -0.15) is 5.21 Å². The molecule has 0 fully saturated rings. The standard InChI is InChI=1S/C17H19N9O4S2/c18-6-2-3-9-7-12(31(19,27)28)16(32(20,29)30)14(17-23-25-26-24-17)13(9)10-4-1-5-11-15(10)22-8-21-11/h1,4-5,7-8H,2-3,6,18H2,(H,21,22)(H2,19,27,28)(H2,20,29,30)(H,23,24,25,26). The first-order valence-corrected chi connectivity index (χ1v) is 12.3. The summed E-state index contributed by atoms with van der Waals surface area (Å²) in [5, 5.41) is 24.4. The lowest BCUT2D eigenvalue weighted by molar-refractivity contribution is 0.584. The summed E-state index contributed by atoms with van der Waals surface area (Å²) in [5.41, 5.74) is 8.06. The molecule has 2 heterocycles. The van der Waals surface area contributed by atoms with Crippen molar-refractivity contribution in [3.8, 4) is 22.5 Å². The summed E-state index contributed by atoms with van der Waals surface area (Å²) >= 11 is 0. The van der Waals surface area contributed by atoms with Crippen molar-refractivity contribution in [2.75, 3.05) is 6.54 Å². The van der Waals surface area contributed by atoms with E-state index in [1.54, 1.807) is 18.2 Å². The maximum absolute atomic E-state index is 12.7. The number of para-hydroxylation sites is 1. The smallest absolute Gasteiger partial charge is 0.240 e. The highest BCUT2D eigenvalue weighted by Gasteiger charge is 2.33. The van der Waals surface area contributed by atoms with Crippen LogP contribution in [0.3, 0.4) is 0 Å². The lowest BCUT2D eigenvalue weighted by atomic mass is 9.90. The average molecular weight is 478 g/mol. The van der Waals surface area contributed by atoms with Crippen LogP contribution >= 0.6 is 0 Å². The predicted octanol–water partition coefficient (Wildman–Crippen LogP) is -0.404. The van der Waals surface area contributed by atoms with Crippen LogP contribution in [0.1, 0.15) is 12.0 Å². The zero-order valence-corrected chi connectivity index (χ0v) is 18.1. The average Bonchev–Trinajstić information content (AvgIpc) is 3.41. The first kappa shape index (κ1) is 22.0. The van der Waals surface area contributed by atoms with Crippen LogP contribution in [0.25, 0.3) is 33.5 Å². The molecule has 0 bridgehead atoms. The minimum absolute atomic E-state index is 0.143. The molecule has 8 N–H and O–H groups in total. The van der Waals surface area contributed by atoms with Gasteiger partial charge >= 0.3 is 0 Å². The number of nitrogens with one attached hydrogen (secondary N) is 2. The molecular formula is C17H19N9O4S2. The SMILES string of the molecule is NCCCc1cc(S(N)(=O)=O)c(S(N)(=O)=O)c(-c2nn[nH]n2)c1-c1cccc2[nH]cnc12. The molecule has 168 valence electrons. The van der Waals surface area contributed by atoms with Crippen LogP contribution in [0, 0.1) is 0 Å². The summed E-state index contributed by atoms with van der Waals surface area (Å²) < 4.78 is 50.2. The number of aromatic nitrogens is 6. The van der Waals surface area contributed by atoms with Crippen LogP contribution in [0.5, 0.6) is 0 Å². The molecule has 4 rings (SSSR count). The Morgan fingerprint density at radius 1 is 1.03 bits per heavy atom. The van der Waals surface area contributed by atoms with E-state index in [-0.39, 0.29) is 11.4 Å². The normalized spacial score (nSPS) is 12.5. The second-order valence-electron chi connectivity index (χ2n) is 6.93. The fraction of sp³-hybridized carbons (Fsp3) is 0.176. The van der Waals surface area contributed by atoms with Crippen LogP contribution in [0.2, 0.25) is 0 Å². The van der Waals surface area contributed by atoms with Crippen LogP contribution in [-0.4, -0.2) is 54.0 Å². The number of nitrogens with zero attached hydrogens (tertiary/aromatic N) is 4. The van der Waals surface area contributed by atoms with E-state index in [1.807, 2.05) is 0 Å². The van der Waals surface area contributed by atoms with Gasteiger partial charge in [-0.15, -0.1) is 10.2 Å². The fourth-order valence-electron chi connectivity index (χ4n) is 3.63. The molecule has 2 aromatic carbocycles. The Bertz CT molecular complexity index is 1510. The van der Waals surface area contributed by atoms with Crippen LogP contribution < -0.4 is 16.0 Å². The van der Waals surface area contributed by atoms with Gasteiger partial charge in [-0.1, -0.05) is 12.1 Å². The molecule has 0 amide bonds. The molecule has 0 saturated carbocycles. The maximum atomic E-state index is 12.7. The molecule has 0 aliphatic rings. The van der Waals surface area contributed by atoms with E-state index >= 15 is 0 Å². The third kappa shape index (κ3) is 3.87. The summed E-state index contributed by atoms with van der Waals surface area (Å²) in [5.74, 6) is -0.170. The Kier molecular flexibility index (Phi) is 5.51. The largest absolute Gasteiger partial charge is 0.345 e. The van der Waals surface area contributed by atoms with E-state index in [2.05, 4.69) is 30.6 Å². The van der Waals surface area contributed by atoms with Gasteiger partial charge in [0.2, 0.25) is 25.9 Å². The molecule has 0 spiro atoms. The number of imidazole rings is 1. The Morgan fingerprint density at radius 3 is 2.44 bits per heavy atom. The zero-order chi connectivity index (χ0) is 23.1. The second kappa shape index (κ2) is 8.03. The van der Waals surface area contributed by atoms with E-state index in [9.17, 15) is 16.8 Å². The fourth-order valence-corrected chi connectivity index (χ4v) is 5.81. The molecule has 4 aromatic rings. The van der Waals surface area contributed by atoms with Gasteiger partial charge in [0.25, 0.3) is 0 Å².